The highest BCUT2D eigenvalue weighted by atomic mass is 32.1. The van der Waals surface area contributed by atoms with E-state index in [1.165, 1.54) is 11.3 Å². The summed E-state index contributed by atoms with van der Waals surface area (Å²) in [4.78, 5) is 39.8. The summed E-state index contributed by atoms with van der Waals surface area (Å²) in [5.74, 6) is -0.609. The molecule has 7 nitrogen and oxygen atoms in total. The summed E-state index contributed by atoms with van der Waals surface area (Å²) in [6.07, 6.45) is -0.518. The molecule has 36 heavy (non-hydrogen) atoms. The Kier molecular flexibility index (Phi) is 7.93. The fraction of sp³-hybridized carbons (Fsp3) is 0.542. The van der Waals surface area contributed by atoms with Gasteiger partial charge in [-0.2, -0.15) is 13.2 Å². The van der Waals surface area contributed by atoms with Crippen molar-refractivity contribution in [1.29, 1.82) is 0 Å². The predicted molar refractivity (Wildman–Crippen MR) is 132 cm³/mol. The van der Waals surface area contributed by atoms with Crippen molar-refractivity contribution < 1.29 is 32.3 Å². The molecule has 0 saturated carbocycles. The number of thiophene rings is 2. The van der Waals surface area contributed by atoms with E-state index in [9.17, 15) is 27.6 Å². The smallest absolute Gasteiger partial charge is 0.425 e. The number of urea groups is 1. The molecule has 12 heteroatoms. The quantitative estimate of drug-likeness (QED) is 0.471. The molecule has 2 aromatic heterocycles. The van der Waals surface area contributed by atoms with Crippen LogP contribution in [0.25, 0.3) is 0 Å². The van der Waals surface area contributed by atoms with Crippen molar-refractivity contribution in [2.24, 2.45) is 0 Å². The number of ether oxygens (including phenoxy) is 1. The van der Waals surface area contributed by atoms with Gasteiger partial charge >= 0.3 is 18.2 Å². The van der Waals surface area contributed by atoms with E-state index < -0.39 is 23.1 Å². The molecule has 2 N–H and O–H groups in total. The molecule has 0 bridgehead atoms. The first-order valence-corrected chi connectivity index (χ1v) is 13.6. The number of rotatable bonds is 6. The lowest BCUT2D eigenvalue weighted by Crippen LogP contribution is -2.35. The molecular weight excluding hydrogens is 515 g/mol. The molecule has 0 aromatic carbocycles. The fourth-order valence-corrected chi connectivity index (χ4v) is 7.23. The molecule has 0 radical (unpaired) electrons. The zero-order chi connectivity index (χ0) is 26.0. The van der Waals surface area contributed by atoms with Crippen LogP contribution in [0.4, 0.5) is 23.0 Å². The predicted octanol–water partition coefficient (Wildman–Crippen LogP) is 5.50. The molecule has 0 fully saturated rings. The third-order valence-corrected chi connectivity index (χ3v) is 8.89. The molecule has 1 aliphatic carbocycles. The third kappa shape index (κ3) is 5.39. The van der Waals surface area contributed by atoms with E-state index in [0.29, 0.717) is 51.7 Å². The minimum Gasteiger partial charge on any atom is -0.462 e. The van der Waals surface area contributed by atoms with E-state index in [2.05, 4.69) is 10.6 Å². The minimum absolute atomic E-state index is 0.0392. The molecule has 0 unspecified atom stereocenters. The van der Waals surface area contributed by atoms with Gasteiger partial charge in [0.15, 0.2) is 0 Å². The van der Waals surface area contributed by atoms with Crippen LogP contribution in [0.5, 0.6) is 0 Å². The highest BCUT2D eigenvalue weighted by molar-refractivity contribution is 7.17. The fourth-order valence-electron chi connectivity index (χ4n) is 4.71. The molecule has 0 saturated heterocycles. The number of alkyl halides is 3. The third-order valence-electron chi connectivity index (χ3n) is 6.38. The van der Waals surface area contributed by atoms with Gasteiger partial charge in [0.1, 0.15) is 9.88 Å². The van der Waals surface area contributed by atoms with E-state index in [1.807, 2.05) is 0 Å². The Labute approximate surface area is 215 Å². The summed E-state index contributed by atoms with van der Waals surface area (Å²) < 4.78 is 46.7. The first kappa shape index (κ1) is 26.5. The first-order chi connectivity index (χ1) is 17.1. The van der Waals surface area contributed by atoms with Crippen LogP contribution in [0.3, 0.4) is 0 Å². The number of anilines is 1. The summed E-state index contributed by atoms with van der Waals surface area (Å²) in [5, 5.41) is 5.58. The lowest BCUT2D eigenvalue weighted by molar-refractivity contribution is -0.135. The van der Waals surface area contributed by atoms with Crippen LogP contribution < -0.4 is 10.6 Å². The van der Waals surface area contributed by atoms with E-state index in [4.69, 9.17) is 4.74 Å². The van der Waals surface area contributed by atoms with Gasteiger partial charge in [-0.05, 0) is 55.7 Å². The zero-order valence-electron chi connectivity index (χ0n) is 20.1. The number of hydrogen-bond donors (Lipinski definition) is 2. The number of aryl methyl sites for hydroxylation is 1. The Bertz CT molecular complexity index is 1170. The van der Waals surface area contributed by atoms with Gasteiger partial charge in [0.25, 0.3) is 0 Å². The number of carbonyl (C=O) groups excluding carboxylic acids is 3. The monoisotopic (exact) mass is 543 g/mol. The number of fused-ring (bicyclic) bond motifs is 2. The topological polar surface area (TPSA) is 87.7 Å². The van der Waals surface area contributed by atoms with Gasteiger partial charge in [0.05, 0.1) is 18.7 Å². The van der Waals surface area contributed by atoms with E-state index in [-0.39, 0.29) is 31.2 Å². The number of halogens is 3. The Morgan fingerprint density at radius 1 is 1.03 bits per heavy atom. The molecule has 2 aromatic rings. The maximum absolute atomic E-state index is 13.8. The lowest BCUT2D eigenvalue weighted by Gasteiger charge is -2.27. The Morgan fingerprint density at radius 2 is 1.78 bits per heavy atom. The number of esters is 1. The van der Waals surface area contributed by atoms with Gasteiger partial charge in [-0.1, -0.05) is 6.92 Å². The Balaban J connectivity index is 1.53. The van der Waals surface area contributed by atoms with E-state index >= 15 is 0 Å². The molecule has 1 aliphatic heterocycles. The van der Waals surface area contributed by atoms with E-state index in [0.717, 1.165) is 36.1 Å². The van der Waals surface area contributed by atoms with Gasteiger partial charge in [-0.3, -0.25) is 10.1 Å². The number of nitrogens with zero attached hydrogens (tertiary/aromatic N) is 1. The Morgan fingerprint density at radius 3 is 2.47 bits per heavy atom. The molecular formula is C24H28F3N3O4S2. The molecule has 3 amide bonds. The molecule has 2 aliphatic rings. The molecule has 3 heterocycles. The summed E-state index contributed by atoms with van der Waals surface area (Å²) >= 11 is 1.95. The zero-order valence-corrected chi connectivity index (χ0v) is 21.7. The summed E-state index contributed by atoms with van der Waals surface area (Å²) in [6.45, 7) is 3.79. The largest absolute Gasteiger partial charge is 0.462 e. The number of hydrogen-bond acceptors (Lipinski definition) is 6. The SMILES string of the molecule is CCOC(=O)c1c(NC(=O)NCc2c(C(F)(F)F)sc3c2CCN(C(=O)CC)C3)sc2c1CCCC2. The average molecular weight is 544 g/mol. The highest BCUT2D eigenvalue weighted by Crippen LogP contribution is 2.43. The van der Waals surface area contributed by atoms with Gasteiger partial charge in [-0.15, -0.1) is 22.7 Å². The maximum Gasteiger partial charge on any atom is 0.425 e. The van der Waals surface area contributed by atoms with E-state index in [1.54, 1.807) is 18.7 Å². The molecule has 0 atom stereocenters. The van der Waals surface area contributed by atoms with Crippen LogP contribution in [-0.2, 0) is 48.1 Å². The summed E-state index contributed by atoms with van der Waals surface area (Å²) in [7, 11) is 0. The lowest BCUT2D eigenvalue weighted by atomic mass is 9.95. The van der Waals surface area contributed by atoms with Gasteiger partial charge in [0, 0.05) is 29.3 Å². The van der Waals surface area contributed by atoms with Crippen LogP contribution in [0.2, 0.25) is 0 Å². The second kappa shape index (κ2) is 10.8. The van der Waals surface area contributed by atoms with Crippen molar-refractivity contribution in [2.75, 3.05) is 18.5 Å². The van der Waals surface area contributed by atoms with Crippen molar-refractivity contribution in [3.05, 3.63) is 36.9 Å². The molecule has 0 spiro atoms. The van der Waals surface area contributed by atoms with Crippen molar-refractivity contribution >= 4 is 45.6 Å². The van der Waals surface area contributed by atoms with Crippen molar-refractivity contribution in [2.45, 2.75) is 71.6 Å². The summed E-state index contributed by atoms with van der Waals surface area (Å²) in [5.41, 5.74) is 1.82. The van der Waals surface area contributed by atoms with Crippen LogP contribution in [0.1, 0.15) is 74.8 Å². The molecule has 196 valence electrons. The normalized spacial score (nSPS) is 15.2. The van der Waals surface area contributed by atoms with Crippen LogP contribution in [0.15, 0.2) is 0 Å². The highest BCUT2D eigenvalue weighted by Gasteiger charge is 2.39. The second-order valence-electron chi connectivity index (χ2n) is 8.67. The Hall–Kier alpha value is -2.60. The van der Waals surface area contributed by atoms with Crippen molar-refractivity contribution in [1.82, 2.24) is 10.2 Å². The van der Waals surface area contributed by atoms with Gasteiger partial charge in [-0.25, -0.2) is 9.59 Å². The minimum atomic E-state index is -4.57. The standard InChI is InChI=1S/C24H28F3N3O4S2/c1-3-18(31)30-10-9-13-15(20(24(25,26)27)35-17(13)12-30)11-28-23(33)29-21-19(22(32)34-4-2)14-7-5-6-8-16(14)36-21/h3-12H2,1-2H3,(H2,28,29,33). The van der Waals surface area contributed by atoms with Crippen LogP contribution in [-0.4, -0.2) is 36.0 Å². The van der Waals surface area contributed by atoms with Gasteiger partial charge in [0.2, 0.25) is 5.91 Å². The van der Waals surface area contributed by atoms with Crippen LogP contribution in [0, 0.1) is 0 Å². The average Bonchev–Trinajstić information content (AvgIpc) is 3.39. The summed E-state index contributed by atoms with van der Waals surface area (Å²) in [6, 6.07) is -0.689. The maximum atomic E-state index is 13.8. The molecule has 4 rings (SSSR count). The van der Waals surface area contributed by atoms with Crippen molar-refractivity contribution in [3.8, 4) is 0 Å². The first-order valence-electron chi connectivity index (χ1n) is 12.0. The van der Waals surface area contributed by atoms with Gasteiger partial charge < -0.3 is 15.0 Å². The van der Waals surface area contributed by atoms with Crippen LogP contribution >= 0.6 is 22.7 Å². The number of nitrogens with one attached hydrogen (secondary N) is 2. The second-order valence-corrected chi connectivity index (χ2v) is 10.9. The number of carbonyl (C=O) groups is 3. The van der Waals surface area contributed by atoms with Crippen molar-refractivity contribution in [3.63, 3.8) is 0 Å². The number of amides is 3.